The van der Waals surface area contributed by atoms with E-state index in [4.69, 9.17) is 0 Å². The third-order valence-corrected chi connectivity index (χ3v) is 3.76. The van der Waals surface area contributed by atoms with E-state index in [0.717, 1.165) is 10.6 Å². The zero-order valence-electron chi connectivity index (χ0n) is 10.1. The second-order valence-electron chi connectivity index (χ2n) is 3.97. The largest absolute Gasteiger partial charge is 0.312 e. The summed E-state index contributed by atoms with van der Waals surface area (Å²) >= 11 is 1.24. The Bertz CT molecular complexity index is 522. The molecule has 0 saturated carbocycles. The third kappa shape index (κ3) is 2.54. The van der Waals surface area contributed by atoms with Gasteiger partial charge in [0, 0.05) is 11.6 Å². The molecular weight excluding hydrogens is 256 g/mol. The second kappa shape index (κ2) is 5.49. The highest BCUT2D eigenvalue weighted by atomic mass is 32.1. The smallest absolute Gasteiger partial charge is 0.129 e. The molecule has 3 nitrogen and oxygen atoms in total. The minimum absolute atomic E-state index is 0.0876. The Morgan fingerprint density at radius 1 is 1.33 bits per heavy atom. The minimum atomic E-state index is -0.523. The van der Waals surface area contributed by atoms with E-state index in [2.05, 4.69) is 14.9 Å². The number of hydrogen-bond donors (Lipinski definition) is 1. The fraction of sp³-hybridized carbons (Fsp3) is 0.333. The maximum absolute atomic E-state index is 13.6. The molecule has 1 aromatic carbocycles. The standard InChI is InChI=1S/C12H13F2N3S/c1-7-12(18-17-16-7)11(15-2)6-8-9(13)4-3-5-10(8)14/h3-5,11,15H,6H2,1-2H3. The highest BCUT2D eigenvalue weighted by molar-refractivity contribution is 7.05. The Kier molecular flexibility index (Phi) is 3.98. The van der Waals surface area contributed by atoms with Crippen LogP contribution in [0.25, 0.3) is 0 Å². The normalized spacial score (nSPS) is 12.7. The second-order valence-corrected chi connectivity index (χ2v) is 4.75. The average Bonchev–Trinajstić information content (AvgIpc) is 2.76. The summed E-state index contributed by atoms with van der Waals surface area (Å²) in [4.78, 5) is 0.903. The average molecular weight is 269 g/mol. The maximum atomic E-state index is 13.6. The molecule has 0 aliphatic heterocycles. The molecule has 6 heteroatoms. The first kappa shape index (κ1) is 13.0. The first-order valence-corrected chi connectivity index (χ1v) is 6.29. The Morgan fingerprint density at radius 3 is 2.50 bits per heavy atom. The first-order valence-electron chi connectivity index (χ1n) is 5.52. The van der Waals surface area contributed by atoms with Gasteiger partial charge < -0.3 is 5.32 Å². The summed E-state index contributed by atoms with van der Waals surface area (Å²) in [5, 5.41) is 6.96. The van der Waals surface area contributed by atoms with Crippen molar-refractivity contribution in [1.82, 2.24) is 14.9 Å². The molecule has 1 unspecified atom stereocenters. The van der Waals surface area contributed by atoms with Crippen LogP contribution in [0, 0.1) is 18.6 Å². The van der Waals surface area contributed by atoms with Crippen LogP contribution in [-0.2, 0) is 6.42 Å². The Morgan fingerprint density at radius 2 is 2.00 bits per heavy atom. The van der Waals surface area contributed by atoms with Gasteiger partial charge >= 0.3 is 0 Å². The Labute approximate surface area is 108 Å². The molecule has 1 atom stereocenters. The highest BCUT2D eigenvalue weighted by Crippen LogP contribution is 2.25. The Hall–Kier alpha value is -1.40. The molecule has 1 aromatic heterocycles. The lowest BCUT2D eigenvalue weighted by molar-refractivity contribution is 0.517. The van der Waals surface area contributed by atoms with E-state index < -0.39 is 11.6 Å². The molecule has 2 aromatic rings. The van der Waals surface area contributed by atoms with Gasteiger partial charge in [-0.1, -0.05) is 10.6 Å². The van der Waals surface area contributed by atoms with Gasteiger partial charge in [-0.3, -0.25) is 0 Å². The van der Waals surface area contributed by atoms with E-state index in [1.807, 2.05) is 6.92 Å². The quantitative estimate of drug-likeness (QED) is 0.927. The van der Waals surface area contributed by atoms with Gasteiger partial charge in [0.25, 0.3) is 0 Å². The monoisotopic (exact) mass is 269 g/mol. The zero-order chi connectivity index (χ0) is 13.1. The molecule has 18 heavy (non-hydrogen) atoms. The number of nitrogens with one attached hydrogen (secondary N) is 1. The number of rotatable bonds is 4. The van der Waals surface area contributed by atoms with Gasteiger partial charge in [0.1, 0.15) is 11.6 Å². The number of aryl methyl sites for hydroxylation is 1. The van der Waals surface area contributed by atoms with Crippen LogP contribution < -0.4 is 5.32 Å². The van der Waals surface area contributed by atoms with Crippen molar-refractivity contribution in [2.45, 2.75) is 19.4 Å². The highest BCUT2D eigenvalue weighted by Gasteiger charge is 2.19. The first-order chi connectivity index (χ1) is 8.63. The summed E-state index contributed by atoms with van der Waals surface area (Å²) in [6, 6.07) is 3.71. The van der Waals surface area contributed by atoms with Crippen molar-refractivity contribution in [3.63, 3.8) is 0 Å². The van der Waals surface area contributed by atoms with Crippen molar-refractivity contribution in [3.05, 3.63) is 46.0 Å². The van der Waals surface area contributed by atoms with Crippen LogP contribution in [0.5, 0.6) is 0 Å². The van der Waals surface area contributed by atoms with Crippen molar-refractivity contribution in [2.24, 2.45) is 0 Å². The van der Waals surface area contributed by atoms with Gasteiger partial charge in [0.05, 0.1) is 10.6 Å². The van der Waals surface area contributed by atoms with E-state index in [-0.39, 0.29) is 18.0 Å². The summed E-state index contributed by atoms with van der Waals surface area (Å²) in [5.41, 5.74) is 0.876. The topological polar surface area (TPSA) is 37.8 Å². The van der Waals surface area contributed by atoms with Crippen LogP contribution in [0.1, 0.15) is 22.2 Å². The van der Waals surface area contributed by atoms with Gasteiger partial charge in [-0.2, -0.15) is 0 Å². The summed E-state index contributed by atoms with van der Waals surface area (Å²) < 4.78 is 31.0. The third-order valence-electron chi connectivity index (χ3n) is 2.82. The fourth-order valence-electron chi connectivity index (χ4n) is 1.81. The van der Waals surface area contributed by atoms with Crippen molar-refractivity contribution in [1.29, 1.82) is 0 Å². The summed E-state index contributed by atoms with van der Waals surface area (Å²) in [6.07, 6.45) is 0.236. The van der Waals surface area contributed by atoms with Crippen LogP contribution in [0.3, 0.4) is 0 Å². The molecule has 0 spiro atoms. The van der Waals surface area contributed by atoms with Gasteiger partial charge in [0.2, 0.25) is 0 Å². The van der Waals surface area contributed by atoms with Crippen LogP contribution in [0.4, 0.5) is 8.78 Å². The molecule has 96 valence electrons. The van der Waals surface area contributed by atoms with Gasteiger partial charge in [-0.25, -0.2) is 8.78 Å². The number of benzene rings is 1. The molecule has 0 radical (unpaired) electrons. The summed E-state index contributed by atoms with van der Waals surface area (Å²) in [6.45, 7) is 1.83. The maximum Gasteiger partial charge on any atom is 0.129 e. The number of hydrogen-bond acceptors (Lipinski definition) is 4. The number of likely N-dealkylation sites (N-methyl/N-ethyl adjacent to an activating group) is 1. The molecule has 0 saturated heterocycles. The molecule has 1 heterocycles. The van der Waals surface area contributed by atoms with Gasteiger partial charge in [0.15, 0.2) is 0 Å². The zero-order valence-corrected chi connectivity index (χ0v) is 10.9. The lowest BCUT2D eigenvalue weighted by Crippen LogP contribution is -2.19. The van der Waals surface area contributed by atoms with Gasteiger partial charge in [-0.05, 0) is 44.1 Å². The summed E-state index contributed by atoms with van der Waals surface area (Å²) in [5.74, 6) is -1.05. The number of nitrogens with zero attached hydrogens (tertiary/aromatic N) is 2. The summed E-state index contributed by atoms with van der Waals surface area (Å²) in [7, 11) is 1.75. The van der Waals surface area contributed by atoms with Crippen LogP contribution in [-0.4, -0.2) is 16.6 Å². The predicted octanol–water partition coefficient (Wildman–Crippen LogP) is 2.63. The lowest BCUT2D eigenvalue weighted by atomic mass is 10.0. The molecule has 0 aliphatic carbocycles. The van der Waals surface area contributed by atoms with E-state index in [1.54, 1.807) is 7.05 Å². The predicted molar refractivity (Wildman–Crippen MR) is 66.5 cm³/mol. The molecule has 2 rings (SSSR count). The molecule has 0 amide bonds. The molecule has 0 bridgehead atoms. The number of halogens is 2. The van der Waals surface area contributed by atoms with Crippen LogP contribution in [0.15, 0.2) is 18.2 Å². The van der Waals surface area contributed by atoms with Crippen LogP contribution >= 0.6 is 11.5 Å². The van der Waals surface area contributed by atoms with Crippen molar-refractivity contribution >= 4 is 11.5 Å². The fourth-order valence-corrected chi connectivity index (χ4v) is 2.57. The molecule has 0 aliphatic rings. The van der Waals surface area contributed by atoms with E-state index in [9.17, 15) is 8.78 Å². The van der Waals surface area contributed by atoms with E-state index in [0.29, 0.717) is 0 Å². The van der Waals surface area contributed by atoms with E-state index in [1.165, 1.54) is 29.7 Å². The lowest BCUT2D eigenvalue weighted by Gasteiger charge is -2.15. The molecular formula is C12H13F2N3S. The van der Waals surface area contributed by atoms with Crippen molar-refractivity contribution in [2.75, 3.05) is 7.05 Å². The Balaban J connectivity index is 2.29. The van der Waals surface area contributed by atoms with E-state index >= 15 is 0 Å². The van der Waals surface area contributed by atoms with Crippen LogP contribution in [0.2, 0.25) is 0 Å². The molecule has 1 N–H and O–H groups in total. The molecule has 0 fully saturated rings. The van der Waals surface area contributed by atoms with Gasteiger partial charge in [-0.15, -0.1) is 5.10 Å². The van der Waals surface area contributed by atoms with Crippen molar-refractivity contribution in [3.8, 4) is 0 Å². The van der Waals surface area contributed by atoms with Crippen molar-refractivity contribution < 1.29 is 8.78 Å². The minimum Gasteiger partial charge on any atom is -0.312 e. The number of aromatic nitrogens is 2. The SMILES string of the molecule is CNC(Cc1c(F)cccc1F)c1snnc1C.